The van der Waals surface area contributed by atoms with Gasteiger partial charge in [0.1, 0.15) is 18.2 Å². The number of nitrogens with one attached hydrogen (secondary N) is 2. The van der Waals surface area contributed by atoms with Gasteiger partial charge in [0.05, 0.1) is 11.8 Å². The summed E-state index contributed by atoms with van der Waals surface area (Å²) in [6, 6.07) is 11.6. The maximum Gasteiger partial charge on any atom is 0.255 e. The van der Waals surface area contributed by atoms with Gasteiger partial charge in [-0.05, 0) is 24.6 Å². The number of nitrogens with two attached hydrogens (primary N) is 1. The van der Waals surface area contributed by atoms with Crippen LogP contribution in [-0.2, 0) is 7.05 Å². The molecule has 2 atom stereocenters. The van der Waals surface area contributed by atoms with E-state index in [0.717, 1.165) is 23.3 Å². The van der Waals surface area contributed by atoms with E-state index >= 15 is 0 Å². The summed E-state index contributed by atoms with van der Waals surface area (Å²) in [5.41, 5.74) is 8.02. The third-order valence-electron chi connectivity index (χ3n) is 4.95. The fourth-order valence-corrected chi connectivity index (χ4v) is 3.42. The van der Waals surface area contributed by atoms with Crippen LogP contribution in [0, 0.1) is 0 Å². The van der Waals surface area contributed by atoms with Crippen LogP contribution >= 0.6 is 0 Å². The lowest BCUT2D eigenvalue weighted by Crippen LogP contribution is -2.36. The van der Waals surface area contributed by atoms with Crippen molar-refractivity contribution >= 4 is 11.7 Å². The van der Waals surface area contributed by atoms with Crippen molar-refractivity contribution in [3.63, 3.8) is 0 Å². The van der Waals surface area contributed by atoms with Crippen molar-refractivity contribution < 1.29 is 9.53 Å². The summed E-state index contributed by atoms with van der Waals surface area (Å²) in [4.78, 5) is 17.0. The monoisotopic (exact) mass is 392 g/mol. The molecule has 4 N–H and O–H groups in total. The van der Waals surface area contributed by atoms with Crippen molar-refractivity contribution in [3.8, 4) is 16.9 Å². The minimum atomic E-state index is -0.225. The number of benzene rings is 1. The van der Waals surface area contributed by atoms with Crippen LogP contribution in [0.4, 0.5) is 5.82 Å². The van der Waals surface area contributed by atoms with Crippen molar-refractivity contribution in [3.05, 3.63) is 60.6 Å². The van der Waals surface area contributed by atoms with E-state index in [1.165, 1.54) is 0 Å². The third-order valence-corrected chi connectivity index (χ3v) is 4.95. The van der Waals surface area contributed by atoms with Gasteiger partial charge in [-0.3, -0.25) is 9.48 Å². The Labute approximate surface area is 169 Å². The smallest absolute Gasteiger partial charge is 0.255 e. The molecule has 1 aliphatic rings. The molecule has 150 valence electrons. The number of carbonyl (C=O) groups is 1. The average molecular weight is 392 g/mol. The SMILES string of the molecule is Cn1cc(-c2cnc(N)c(C(=O)N[C@H]3CNC(COc4ccccc4)C3)c2)cn1. The maximum atomic E-state index is 12.8. The van der Waals surface area contributed by atoms with Gasteiger partial charge in [-0.1, -0.05) is 18.2 Å². The van der Waals surface area contributed by atoms with Gasteiger partial charge in [-0.25, -0.2) is 4.98 Å². The van der Waals surface area contributed by atoms with Crippen LogP contribution in [0.1, 0.15) is 16.8 Å². The molecule has 8 nitrogen and oxygen atoms in total. The molecule has 3 heterocycles. The molecule has 1 aliphatic heterocycles. The Kier molecular flexibility index (Phi) is 5.44. The molecule has 29 heavy (non-hydrogen) atoms. The van der Waals surface area contributed by atoms with Crippen molar-refractivity contribution in [2.45, 2.75) is 18.5 Å². The molecule has 4 rings (SSSR count). The molecule has 2 aromatic heterocycles. The average Bonchev–Trinajstić information content (AvgIpc) is 3.36. The number of hydrogen-bond acceptors (Lipinski definition) is 6. The van der Waals surface area contributed by atoms with Crippen molar-refractivity contribution in [2.75, 3.05) is 18.9 Å². The number of ether oxygens (including phenoxy) is 1. The molecule has 1 unspecified atom stereocenters. The van der Waals surface area contributed by atoms with Gasteiger partial charge in [0, 0.05) is 49.2 Å². The molecule has 8 heteroatoms. The standard InChI is InChI=1S/C21H24N6O2/c1-27-12-15(10-25-27)14-7-19(20(22)24-9-14)21(28)26-16-8-17(23-11-16)13-29-18-5-3-2-4-6-18/h2-7,9-10,12,16-17,23H,8,11,13H2,1H3,(H2,22,24)(H,26,28)/t16-,17?/m1/s1. The number of rotatable bonds is 6. The van der Waals surface area contributed by atoms with Crippen LogP contribution in [0.2, 0.25) is 0 Å². The molecule has 1 aromatic carbocycles. The predicted molar refractivity (Wildman–Crippen MR) is 110 cm³/mol. The zero-order chi connectivity index (χ0) is 20.2. The van der Waals surface area contributed by atoms with Gasteiger partial charge >= 0.3 is 0 Å². The minimum absolute atomic E-state index is 0.00771. The summed E-state index contributed by atoms with van der Waals surface area (Å²) < 4.78 is 7.50. The lowest BCUT2D eigenvalue weighted by atomic mass is 10.1. The molecule has 3 aromatic rings. The van der Waals surface area contributed by atoms with E-state index in [2.05, 4.69) is 20.7 Å². The van der Waals surface area contributed by atoms with Gasteiger partial charge < -0.3 is 21.1 Å². The van der Waals surface area contributed by atoms with E-state index in [1.54, 1.807) is 23.1 Å². The Morgan fingerprint density at radius 3 is 2.90 bits per heavy atom. The molecule has 0 bridgehead atoms. The highest BCUT2D eigenvalue weighted by Gasteiger charge is 2.27. The lowest BCUT2D eigenvalue weighted by Gasteiger charge is -2.14. The minimum Gasteiger partial charge on any atom is -0.492 e. The fourth-order valence-electron chi connectivity index (χ4n) is 3.42. The Balaban J connectivity index is 1.36. The highest BCUT2D eigenvalue weighted by Crippen LogP contribution is 2.22. The molecule has 1 saturated heterocycles. The van der Waals surface area contributed by atoms with Gasteiger partial charge in [0.25, 0.3) is 5.91 Å². The lowest BCUT2D eigenvalue weighted by molar-refractivity contribution is 0.0940. The first-order valence-electron chi connectivity index (χ1n) is 9.55. The van der Waals surface area contributed by atoms with E-state index in [1.807, 2.05) is 43.6 Å². The van der Waals surface area contributed by atoms with Crippen molar-refractivity contribution in [1.29, 1.82) is 0 Å². The number of para-hydroxylation sites is 1. The zero-order valence-electron chi connectivity index (χ0n) is 16.2. The number of nitrogens with zero attached hydrogens (tertiary/aromatic N) is 3. The molecule has 1 amide bonds. The van der Waals surface area contributed by atoms with Crippen LogP contribution in [-0.4, -0.2) is 45.9 Å². The molecule has 1 fully saturated rings. The quantitative estimate of drug-likeness (QED) is 0.588. The number of carbonyl (C=O) groups excluding carboxylic acids is 1. The van der Waals surface area contributed by atoms with E-state index < -0.39 is 0 Å². The number of pyridine rings is 1. The third kappa shape index (κ3) is 4.55. The number of amides is 1. The Bertz CT molecular complexity index is 988. The van der Waals surface area contributed by atoms with E-state index in [-0.39, 0.29) is 23.8 Å². The van der Waals surface area contributed by atoms with Crippen molar-refractivity contribution in [2.24, 2.45) is 7.05 Å². The molecule has 0 saturated carbocycles. The highest BCUT2D eigenvalue weighted by molar-refractivity contribution is 5.99. The largest absolute Gasteiger partial charge is 0.492 e. The molecular formula is C21H24N6O2. The van der Waals surface area contributed by atoms with Crippen LogP contribution < -0.4 is 21.1 Å². The summed E-state index contributed by atoms with van der Waals surface area (Å²) in [5.74, 6) is 0.829. The second kappa shape index (κ2) is 8.32. The van der Waals surface area contributed by atoms with Crippen LogP contribution in [0.15, 0.2) is 55.0 Å². The Morgan fingerprint density at radius 1 is 1.31 bits per heavy atom. The summed E-state index contributed by atoms with van der Waals surface area (Å²) >= 11 is 0. The normalized spacial score (nSPS) is 18.5. The number of anilines is 1. The molecule has 0 spiro atoms. The number of aromatic nitrogens is 3. The van der Waals surface area contributed by atoms with Gasteiger partial charge in [-0.2, -0.15) is 5.10 Å². The molecule has 0 aliphatic carbocycles. The van der Waals surface area contributed by atoms with E-state index in [9.17, 15) is 4.79 Å². The predicted octanol–water partition coefficient (Wildman–Crippen LogP) is 1.60. The first-order chi connectivity index (χ1) is 14.1. The van der Waals surface area contributed by atoms with Crippen LogP contribution in [0.25, 0.3) is 11.1 Å². The highest BCUT2D eigenvalue weighted by atomic mass is 16.5. The first-order valence-corrected chi connectivity index (χ1v) is 9.55. The second-order valence-electron chi connectivity index (χ2n) is 7.19. The molecular weight excluding hydrogens is 368 g/mol. The van der Waals surface area contributed by atoms with Gasteiger partial charge in [0.2, 0.25) is 0 Å². The van der Waals surface area contributed by atoms with Crippen LogP contribution in [0.5, 0.6) is 5.75 Å². The topological polar surface area (TPSA) is 107 Å². The van der Waals surface area contributed by atoms with Gasteiger partial charge in [0.15, 0.2) is 0 Å². The zero-order valence-corrected chi connectivity index (χ0v) is 16.2. The number of hydrogen-bond donors (Lipinski definition) is 3. The number of nitrogen functional groups attached to an aromatic ring is 1. The summed E-state index contributed by atoms with van der Waals surface area (Å²) in [6.07, 6.45) is 6.03. The van der Waals surface area contributed by atoms with E-state index in [4.69, 9.17) is 10.5 Å². The summed E-state index contributed by atoms with van der Waals surface area (Å²) in [7, 11) is 1.84. The maximum absolute atomic E-state index is 12.8. The number of aryl methyl sites for hydroxylation is 1. The fraction of sp³-hybridized carbons (Fsp3) is 0.286. The summed E-state index contributed by atoms with van der Waals surface area (Å²) in [6.45, 7) is 1.24. The van der Waals surface area contributed by atoms with Crippen LogP contribution in [0.3, 0.4) is 0 Å². The second-order valence-corrected chi connectivity index (χ2v) is 7.19. The Hall–Kier alpha value is -3.39. The van der Waals surface area contributed by atoms with Crippen molar-refractivity contribution in [1.82, 2.24) is 25.4 Å². The first kappa shape index (κ1) is 18.9. The Morgan fingerprint density at radius 2 is 2.14 bits per heavy atom. The van der Waals surface area contributed by atoms with E-state index in [0.29, 0.717) is 18.7 Å². The molecule has 0 radical (unpaired) electrons. The summed E-state index contributed by atoms with van der Waals surface area (Å²) in [5, 5.41) is 10.6. The van der Waals surface area contributed by atoms with Gasteiger partial charge in [-0.15, -0.1) is 0 Å².